The number of likely N-dealkylation sites (tertiary alicyclic amines) is 1. The molecule has 4 nitrogen and oxygen atoms in total. The van der Waals surface area contributed by atoms with E-state index < -0.39 is 0 Å². The summed E-state index contributed by atoms with van der Waals surface area (Å²) in [5.74, 6) is 1.22. The van der Waals surface area contributed by atoms with Gasteiger partial charge >= 0.3 is 0 Å². The van der Waals surface area contributed by atoms with E-state index in [2.05, 4.69) is 9.55 Å². The number of carbonyl (C=O) groups excluding carboxylic acids is 1. The molecule has 0 N–H and O–H groups in total. The second kappa shape index (κ2) is 6.10. The Balaban J connectivity index is 1.90. The van der Waals surface area contributed by atoms with Gasteiger partial charge in [0.2, 0.25) is 5.91 Å². The Kier molecular flexibility index (Phi) is 4.48. The van der Waals surface area contributed by atoms with Crippen molar-refractivity contribution in [3.63, 3.8) is 0 Å². The number of imidazole rings is 1. The second-order valence-corrected chi connectivity index (χ2v) is 5.37. The van der Waals surface area contributed by atoms with Gasteiger partial charge in [0.1, 0.15) is 0 Å². The van der Waals surface area contributed by atoms with Crippen LogP contribution in [-0.2, 0) is 4.79 Å². The van der Waals surface area contributed by atoms with Crippen molar-refractivity contribution in [2.75, 3.05) is 25.1 Å². The summed E-state index contributed by atoms with van der Waals surface area (Å²) in [4.78, 5) is 18.0. The van der Waals surface area contributed by atoms with Gasteiger partial charge in [-0.3, -0.25) is 4.79 Å². The molecule has 2 heterocycles. The molecule has 1 aliphatic rings. The molecule has 1 fully saturated rings. The largest absolute Gasteiger partial charge is 0.341 e. The van der Waals surface area contributed by atoms with Gasteiger partial charge in [0, 0.05) is 37.7 Å². The monoisotopic (exact) mass is 253 g/mol. The zero-order valence-corrected chi connectivity index (χ0v) is 11.0. The van der Waals surface area contributed by atoms with E-state index in [4.69, 9.17) is 0 Å². The first kappa shape index (κ1) is 12.5. The van der Waals surface area contributed by atoms with Crippen molar-refractivity contribution in [1.29, 1.82) is 0 Å². The number of aromatic nitrogens is 2. The molecule has 0 bridgehead atoms. The summed E-state index contributed by atoms with van der Waals surface area (Å²) >= 11 is 1.73. The standard InChI is InChI=1S/C12H19N3OS/c1-17-8-4-12(16)14-6-2-3-11(9-14)15-7-5-13-10-15/h5,7,10-11H,2-4,6,8-9H2,1H3/t11-/m1/s1. The van der Waals surface area contributed by atoms with Gasteiger partial charge in [-0.15, -0.1) is 0 Å². The molecule has 0 saturated carbocycles. The molecule has 0 unspecified atom stereocenters. The first-order chi connectivity index (χ1) is 8.31. The van der Waals surface area contributed by atoms with Crippen molar-refractivity contribution < 1.29 is 4.79 Å². The molecule has 2 rings (SSSR count). The van der Waals surface area contributed by atoms with Crippen molar-refractivity contribution in [1.82, 2.24) is 14.5 Å². The zero-order valence-electron chi connectivity index (χ0n) is 10.2. The minimum atomic E-state index is 0.296. The lowest BCUT2D eigenvalue weighted by Crippen LogP contribution is -2.40. The molecule has 1 aliphatic heterocycles. The minimum Gasteiger partial charge on any atom is -0.341 e. The van der Waals surface area contributed by atoms with Crippen LogP contribution >= 0.6 is 11.8 Å². The third-order valence-corrected chi connectivity index (χ3v) is 3.83. The lowest BCUT2D eigenvalue weighted by atomic mass is 10.1. The Morgan fingerprint density at radius 1 is 1.59 bits per heavy atom. The van der Waals surface area contributed by atoms with Crippen LogP contribution in [0, 0.1) is 0 Å². The third-order valence-electron chi connectivity index (χ3n) is 3.22. The number of hydrogen-bond donors (Lipinski definition) is 0. The highest BCUT2D eigenvalue weighted by molar-refractivity contribution is 7.98. The molecular formula is C12H19N3OS. The molecule has 0 aliphatic carbocycles. The highest BCUT2D eigenvalue weighted by Crippen LogP contribution is 2.21. The smallest absolute Gasteiger partial charge is 0.223 e. The summed E-state index contributed by atoms with van der Waals surface area (Å²) in [6.45, 7) is 1.75. The maximum Gasteiger partial charge on any atom is 0.223 e. The quantitative estimate of drug-likeness (QED) is 0.821. The second-order valence-electron chi connectivity index (χ2n) is 4.39. The molecule has 1 saturated heterocycles. The summed E-state index contributed by atoms with van der Waals surface area (Å²) in [7, 11) is 0. The first-order valence-corrected chi connectivity index (χ1v) is 7.45. The molecule has 1 aromatic heterocycles. The lowest BCUT2D eigenvalue weighted by molar-refractivity contribution is -0.132. The molecular weight excluding hydrogens is 234 g/mol. The van der Waals surface area contributed by atoms with Gasteiger partial charge < -0.3 is 9.47 Å². The summed E-state index contributed by atoms with van der Waals surface area (Å²) in [6.07, 6.45) is 10.6. The normalized spacial score (nSPS) is 20.5. The van der Waals surface area contributed by atoms with Crippen LogP contribution in [0.25, 0.3) is 0 Å². The Morgan fingerprint density at radius 3 is 3.18 bits per heavy atom. The number of amides is 1. The van der Waals surface area contributed by atoms with Gasteiger partial charge in [0.05, 0.1) is 12.4 Å². The molecule has 0 spiro atoms. The Morgan fingerprint density at radius 2 is 2.47 bits per heavy atom. The van der Waals surface area contributed by atoms with E-state index in [-0.39, 0.29) is 0 Å². The van der Waals surface area contributed by atoms with E-state index >= 15 is 0 Å². The van der Waals surface area contributed by atoms with Gasteiger partial charge in [0.25, 0.3) is 0 Å². The van der Waals surface area contributed by atoms with E-state index in [1.165, 1.54) is 0 Å². The average molecular weight is 253 g/mol. The predicted molar refractivity (Wildman–Crippen MR) is 70.1 cm³/mol. The van der Waals surface area contributed by atoms with Crippen molar-refractivity contribution in [3.8, 4) is 0 Å². The number of thioether (sulfide) groups is 1. The van der Waals surface area contributed by atoms with E-state index in [1.54, 1.807) is 18.0 Å². The van der Waals surface area contributed by atoms with Crippen LogP contribution in [0.5, 0.6) is 0 Å². The number of carbonyl (C=O) groups is 1. The number of piperidine rings is 1. The van der Waals surface area contributed by atoms with Crippen molar-refractivity contribution >= 4 is 17.7 Å². The molecule has 1 amide bonds. The van der Waals surface area contributed by atoms with Gasteiger partial charge in [-0.1, -0.05) is 0 Å². The average Bonchev–Trinajstić information content (AvgIpc) is 2.90. The van der Waals surface area contributed by atoms with E-state index in [9.17, 15) is 4.79 Å². The molecule has 0 aromatic carbocycles. The third kappa shape index (κ3) is 3.25. The van der Waals surface area contributed by atoms with Crippen LogP contribution in [0.2, 0.25) is 0 Å². The summed E-state index contributed by atoms with van der Waals surface area (Å²) in [6, 6.07) is 0.407. The number of nitrogens with zero attached hydrogens (tertiary/aromatic N) is 3. The zero-order chi connectivity index (χ0) is 12.1. The van der Waals surface area contributed by atoms with Crippen LogP contribution < -0.4 is 0 Å². The van der Waals surface area contributed by atoms with E-state index in [0.29, 0.717) is 18.4 Å². The fraction of sp³-hybridized carbons (Fsp3) is 0.667. The molecule has 17 heavy (non-hydrogen) atoms. The molecule has 1 atom stereocenters. The highest BCUT2D eigenvalue weighted by atomic mass is 32.2. The maximum absolute atomic E-state index is 12.0. The Hall–Kier alpha value is -0.970. The van der Waals surface area contributed by atoms with Crippen LogP contribution in [0.4, 0.5) is 0 Å². The predicted octanol–water partition coefficient (Wildman–Crippen LogP) is 1.80. The topological polar surface area (TPSA) is 38.1 Å². The SMILES string of the molecule is CSCCC(=O)N1CCC[C@@H](n2ccnc2)C1. The van der Waals surface area contributed by atoms with Crippen LogP contribution in [0.15, 0.2) is 18.7 Å². The molecule has 1 aromatic rings. The number of rotatable bonds is 4. The Labute approximate surface area is 106 Å². The molecule has 0 radical (unpaired) electrons. The van der Waals surface area contributed by atoms with Crippen molar-refractivity contribution in [2.45, 2.75) is 25.3 Å². The fourth-order valence-electron chi connectivity index (χ4n) is 2.26. The summed E-state index contributed by atoms with van der Waals surface area (Å²) in [5.41, 5.74) is 0. The van der Waals surface area contributed by atoms with Crippen LogP contribution in [0.1, 0.15) is 25.3 Å². The lowest BCUT2D eigenvalue weighted by Gasteiger charge is -2.33. The van der Waals surface area contributed by atoms with Crippen LogP contribution in [0.3, 0.4) is 0 Å². The summed E-state index contributed by atoms with van der Waals surface area (Å²) in [5, 5.41) is 0. The first-order valence-electron chi connectivity index (χ1n) is 6.05. The fourth-order valence-corrected chi connectivity index (χ4v) is 2.64. The van der Waals surface area contributed by atoms with Crippen molar-refractivity contribution in [2.24, 2.45) is 0 Å². The summed E-state index contributed by atoms with van der Waals surface area (Å²) < 4.78 is 2.12. The molecule has 5 heteroatoms. The molecule has 94 valence electrons. The van der Waals surface area contributed by atoms with Gasteiger partial charge in [-0.2, -0.15) is 11.8 Å². The van der Waals surface area contributed by atoms with E-state index in [1.807, 2.05) is 23.7 Å². The Bertz CT molecular complexity index is 353. The van der Waals surface area contributed by atoms with Crippen LogP contribution in [-0.4, -0.2) is 45.5 Å². The highest BCUT2D eigenvalue weighted by Gasteiger charge is 2.23. The maximum atomic E-state index is 12.0. The number of hydrogen-bond acceptors (Lipinski definition) is 3. The van der Waals surface area contributed by atoms with Gasteiger partial charge in [-0.05, 0) is 19.1 Å². The van der Waals surface area contributed by atoms with Crippen molar-refractivity contribution in [3.05, 3.63) is 18.7 Å². The van der Waals surface area contributed by atoms with Gasteiger partial charge in [-0.25, -0.2) is 4.98 Å². The van der Waals surface area contributed by atoms with E-state index in [0.717, 1.165) is 31.7 Å². The van der Waals surface area contributed by atoms with Gasteiger partial charge in [0.15, 0.2) is 0 Å². The minimum absolute atomic E-state index is 0.296.